The van der Waals surface area contributed by atoms with E-state index in [1.165, 1.54) is 12.1 Å². The van der Waals surface area contributed by atoms with Gasteiger partial charge in [0.15, 0.2) is 5.16 Å². The van der Waals surface area contributed by atoms with Crippen molar-refractivity contribution in [3.05, 3.63) is 88.5 Å². The summed E-state index contributed by atoms with van der Waals surface area (Å²) < 4.78 is 13.3. The number of nitrogens with one attached hydrogen (secondary N) is 1. The highest BCUT2D eigenvalue weighted by Crippen LogP contribution is 2.20. The van der Waals surface area contributed by atoms with Crippen LogP contribution in [0.4, 0.5) is 4.39 Å². The van der Waals surface area contributed by atoms with Crippen LogP contribution in [0, 0.1) is 19.7 Å². The SMILES string of the molecule is C/C(=N\NC(=O)c1ccc(CSc2nc(C)cc(C)n2)cc1)c1cccc(F)c1. The number of hydrogen-bond acceptors (Lipinski definition) is 5. The molecule has 2 aromatic carbocycles. The standard InChI is InChI=1S/C22H21FN4OS/c1-14-11-15(2)25-22(24-14)29-13-17-7-9-18(10-8-17)21(28)27-26-16(3)19-5-4-6-20(23)12-19/h4-12H,13H2,1-3H3,(H,27,28)/b26-16+. The predicted octanol–water partition coefficient (Wildman–Crippen LogP) is 4.68. The van der Waals surface area contributed by atoms with Crippen LogP contribution in [0.3, 0.4) is 0 Å². The number of aromatic nitrogens is 2. The number of rotatable bonds is 6. The van der Waals surface area contributed by atoms with Gasteiger partial charge in [0.05, 0.1) is 5.71 Å². The Kier molecular flexibility index (Phi) is 6.72. The van der Waals surface area contributed by atoms with Gasteiger partial charge < -0.3 is 0 Å². The summed E-state index contributed by atoms with van der Waals surface area (Å²) in [4.78, 5) is 21.1. The molecule has 0 aliphatic rings. The second-order valence-corrected chi connectivity index (χ2v) is 7.51. The maximum atomic E-state index is 13.3. The van der Waals surface area contributed by atoms with E-state index in [0.29, 0.717) is 22.6 Å². The first-order valence-electron chi connectivity index (χ1n) is 9.05. The number of aryl methyl sites for hydroxylation is 2. The maximum absolute atomic E-state index is 13.3. The molecule has 1 amide bonds. The van der Waals surface area contributed by atoms with E-state index in [4.69, 9.17) is 0 Å². The number of carbonyl (C=O) groups excluding carboxylic acids is 1. The van der Waals surface area contributed by atoms with Crippen molar-refractivity contribution in [2.75, 3.05) is 0 Å². The zero-order chi connectivity index (χ0) is 20.8. The smallest absolute Gasteiger partial charge is 0.267 e. The summed E-state index contributed by atoms with van der Waals surface area (Å²) in [6.45, 7) is 5.61. The van der Waals surface area contributed by atoms with Gasteiger partial charge in [-0.05, 0) is 56.7 Å². The third kappa shape index (κ3) is 5.96. The maximum Gasteiger partial charge on any atom is 0.271 e. The Bertz CT molecular complexity index is 1030. The summed E-state index contributed by atoms with van der Waals surface area (Å²) in [6.07, 6.45) is 0. The van der Waals surface area contributed by atoms with Crippen LogP contribution in [-0.2, 0) is 5.75 Å². The quantitative estimate of drug-likeness (QED) is 0.278. The third-order valence-electron chi connectivity index (χ3n) is 4.11. The summed E-state index contributed by atoms with van der Waals surface area (Å²) in [6, 6.07) is 15.3. The van der Waals surface area contributed by atoms with Gasteiger partial charge in [0, 0.05) is 28.3 Å². The average Bonchev–Trinajstić information content (AvgIpc) is 2.70. The first-order chi connectivity index (χ1) is 13.9. The number of benzene rings is 2. The lowest BCUT2D eigenvalue weighted by molar-refractivity contribution is 0.0955. The van der Waals surface area contributed by atoms with Crippen LogP contribution >= 0.6 is 11.8 Å². The van der Waals surface area contributed by atoms with Gasteiger partial charge in [-0.25, -0.2) is 19.8 Å². The van der Waals surface area contributed by atoms with Gasteiger partial charge in [0.1, 0.15) is 5.82 Å². The molecular weight excluding hydrogens is 387 g/mol. The van der Waals surface area contributed by atoms with Crippen molar-refractivity contribution in [1.29, 1.82) is 0 Å². The molecule has 0 fully saturated rings. The molecule has 0 saturated heterocycles. The van der Waals surface area contributed by atoms with Crippen molar-refractivity contribution in [1.82, 2.24) is 15.4 Å². The zero-order valence-corrected chi connectivity index (χ0v) is 17.3. The molecule has 3 rings (SSSR count). The minimum Gasteiger partial charge on any atom is -0.267 e. The fourth-order valence-electron chi connectivity index (χ4n) is 2.64. The molecule has 1 heterocycles. The van der Waals surface area contributed by atoms with Crippen molar-refractivity contribution in [2.45, 2.75) is 31.7 Å². The number of amides is 1. The van der Waals surface area contributed by atoms with Crippen molar-refractivity contribution in [2.24, 2.45) is 5.10 Å². The molecule has 7 heteroatoms. The molecule has 148 valence electrons. The molecule has 0 bridgehead atoms. The largest absolute Gasteiger partial charge is 0.271 e. The Labute approximate surface area is 173 Å². The van der Waals surface area contributed by atoms with Crippen LogP contribution in [0.25, 0.3) is 0 Å². The van der Waals surface area contributed by atoms with Crippen LogP contribution in [0.15, 0.2) is 64.9 Å². The minimum atomic E-state index is -0.344. The number of hydrogen-bond donors (Lipinski definition) is 1. The van der Waals surface area contributed by atoms with Crippen molar-refractivity contribution >= 4 is 23.4 Å². The third-order valence-corrected chi connectivity index (χ3v) is 5.03. The van der Waals surface area contributed by atoms with Crippen molar-refractivity contribution < 1.29 is 9.18 Å². The Morgan fingerprint density at radius 1 is 1.03 bits per heavy atom. The lowest BCUT2D eigenvalue weighted by Crippen LogP contribution is -2.19. The number of nitrogens with zero attached hydrogens (tertiary/aromatic N) is 3. The van der Waals surface area contributed by atoms with Crippen molar-refractivity contribution in [3.8, 4) is 0 Å². The fraction of sp³-hybridized carbons (Fsp3) is 0.182. The van der Waals surface area contributed by atoms with Gasteiger partial charge in [-0.1, -0.05) is 36.0 Å². The van der Waals surface area contributed by atoms with Gasteiger partial charge in [-0.2, -0.15) is 5.10 Å². The van der Waals surface area contributed by atoms with Crippen LogP contribution < -0.4 is 5.43 Å². The number of carbonyl (C=O) groups is 1. The molecule has 29 heavy (non-hydrogen) atoms. The van der Waals surface area contributed by atoms with Crippen LogP contribution in [-0.4, -0.2) is 21.6 Å². The van der Waals surface area contributed by atoms with E-state index in [9.17, 15) is 9.18 Å². The summed E-state index contributed by atoms with van der Waals surface area (Å²) >= 11 is 1.55. The predicted molar refractivity (Wildman–Crippen MR) is 114 cm³/mol. The normalized spacial score (nSPS) is 11.4. The molecule has 1 aromatic heterocycles. The summed E-state index contributed by atoms with van der Waals surface area (Å²) in [5, 5.41) is 4.80. The van der Waals surface area contributed by atoms with E-state index < -0.39 is 0 Å². The monoisotopic (exact) mass is 408 g/mol. The van der Waals surface area contributed by atoms with Gasteiger partial charge in [0.2, 0.25) is 0 Å². The van der Waals surface area contributed by atoms with Crippen LogP contribution in [0.2, 0.25) is 0 Å². The Morgan fingerprint density at radius 3 is 2.38 bits per heavy atom. The molecule has 1 N–H and O–H groups in total. The highest BCUT2D eigenvalue weighted by molar-refractivity contribution is 7.98. The van der Waals surface area contributed by atoms with Crippen molar-refractivity contribution in [3.63, 3.8) is 0 Å². The average molecular weight is 409 g/mol. The first kappa shape index (κ1) is 20.7. The zero-order valence-electron chi connectivity index (χ0n) is 16.4. The summed E-state index contributed by atoms with van der Waals surface area (Å²) in [5.41, 5.74) is 7.10. The number of thioether (sulfide) groups is 1. The summed E-state index contributed by atoms with van der Waals surface area (Å²) in [5.74, 6) is 0.0439. The second-order valence-electron chi connectivity index (χ2n) is 6.57. The first-order valence-corrected chi connectivity index (χ1v) is 10.0. The lowest BCUT2D eigenvalue weighted by Gasteiger charge is -2.05. The molecule has 0 unspecified atom stereocenters. The Balaban J connectivity index is 1.59. The van der Waals surface area contributed by atoms with Gasteiger partial charge in [-0.3, -0.25) is 4.79 Å². The molecular formula is C22H21FN4OS. The lowest BCUT2D eigenvalue weighted by atomic mass is 10.1. The molecule has 0 aliphatic carbocycles. The number of hydrazone groups is 1. The van der Waals surface area contributed by atoms with Gasteiger partial charge >= 0.3 is 0 Å². The van der Waals surface area contributed by atoms with E-state index in [2.05, 4.69) is 20.5 Å². The van der Waals surface area contributed by atoms with E-state index in [1.807, 2.05) is 32.0 Å². The molecule has 3 aromatic rings. The van der Waals surface area contributed by atoms with E-state index in [0.717, 1.165) is 22.1 Å². The topological polar surface area (TPSA) is 67.2 Å². The Morgan fingerprint density at radius 2 is 1.72 bits per heavy atom. The number of halogens is 1. The molecule has 0 radical (unpaired) electrons. The molecule has 5 nitrogen and oxygen atoms in total. The van der Waals surface area contributed by atoms with Gasteiger partial charge in [-0.15, -0.1) is 0 Å². The fourth-order valence-corrected chi connectivity index (χ4v) is 3.54. The Hall–Kier alpha value is -3.06. The summed E-state index contributed by atoms with van der Waals surface area (Å²) in [7, 11) is 0. The molecule has 0 atom stereocenters. The van der Waals surface area contributed by atoms with E-state index in [1.54, 1.807) is 43.0 Å². The van der Waals surface area contributed by atoms with E-state index in [-0.39, 0.29) is 11.7 Å². The molecule has 0 spiro atoms. The molecule has 0 saturated carbocycles. The highest BCUT2D eigenvalue weighted by atomic mass is 32.2. The highest BCUT2D eigenvalue weighted by Gasteiger charge is 2.07. The van der Waals surface area contributed by atoms with Gasteiger partial charge in [0.25, 0.3) is 5.91 Å². The van der Waals surface area contributed by atoms with E-state index >= 15 is 0 Å². The minimum absolute atomic E-state index is 0.322. The molecule has 0 aliphatic heterocycles. The second kappa shape index (κ2) is 9.43. The van der Waals surface area contributed by atoms with Crippen LogP contribution in [0.5, 0.6) is 0 Å². The van der Waals surface area contributed by atoms with Crippen LogP contribution in [0.1, 0.15) is 39.8 Å².